The Morgan fingerprint density at radius 3 is 1.40 bits per heavy atom. The third-order valence-corrected chi connectivity index (χ3v) is 22.4. The molecule has 2 aliphatic heterocycles. The van der Waals surface area contributed by atoms with Crippen molar-refractivity contribution in [1.82, 2.24) is 18.7 Å². The topological polar surface area (TPSA) is 46.1 Å². The lowest BCUT2D eigenvalue weighted by Crippen LogP contribution is -2.57. The molecular formula is C89H85BN4O2S. The van der Waals surface area contributed by atoms with E-state index in [1.54, 1.807) is 0 Å². The van der Waals surface area contributed by atoms with Crippen LogP contribution in [0.1, 0.15) is 158 Å². The van der Waals surface area contributed by atoms with Crippen molar-refractivity contribution < 1.29 is 9.47 Å². The van der Waals surface area contributed by atoms with Gasteiger partial charge in [-0.25, -0.2) is 4.98 Å². The molecule has 0 aliphatic carbocycles. The maximum Gasteiger partial charge on any atom is 0.260 e. The summed E-state index contributed by atoms with van der Waals surface area (Å²) in [6.07, 6.45) is 0. The number of hydrogen-bond acceptors (Lipinski definition) is 4. The number of thiophene rings is 1. The molecule has 2 aliphatic rings. The van der Waals surface area contributed by atoms with E-state index in [-0.39, 0.29) is 39.2 Å². The molecule has 0 bridgehead atoms. The summed E-state index contributed by atoms with van der Waals surface area (Å²) in [6, 6.07) is 72.1. The summed E-state index contributed by atoms with van der Waals surface area (Å²) in [5.74, 6) is 4.17. The fourth-order valence-electron chi connectivity index (χ4n) is 15.6. The van der Waals surface area contributed by atoms with Gasteiger partial charge in [0.1, 0.15) is 28.8 Å². The fourth-order valence-corrected chi connectivity index (χ4v) is 16.7. The Labute approximate surface area is 574 Å². The van der Waals surface area contributed by atoms with Crippen molar-refractivity contribution >= 4 is 120 Å². The van der Waals surface area contributed by atoms with E-state index in [9.17, 15) is 0 Å². The van der Waals surface area contributed by atoms with Crippen molar-refractivity contribution in [3.8, 4) is 51.4 Å². The number of ether oxygens (including phenoxy) is 2. The number of benzene rings is 10. The SMILES string of the molecule is CC(C)(C)c1cc2c3c(c1)Oc1ccc(-c4cc(-n5c6cc(C(C)(C)C)ccc6c6ccc(C(C)(C)C)cc65)cc(-n5c6cc(C(C)(C)C)ccc6c6c7c(ccc65)sc5ccccc57)n4)cc1B3c1ccc(-n3c4ccc(C(C)(C)C)cc4c4cc(C(C)(C)C)ccc43)cc1O2. The molecule has 7 heterocycles. The average Bonchev–Trinajstić information content (AvgIpc) is 1.68. The van der Waals surface area contributed by atoms with Crippen LogP contribution in [0.2, 0.25) is 0 Å². The molecule has 0 spiro atoms. The number of pyridine rings is 1. The lowest BCUT2D eigenvalue weighted by atomic mass is 9.34. The first kappa shape index (κ1) is 61.2. The second-order valence-electron chi connectivity index (χ2n) is 34.2. The smallest absolute Gasteiger partial charge is 0.260 e. The number of rotatable bonds is 4. The zero-order valence-corrected chi connectivity index (χ0v) is 60.3. The van der Waals surface area contributed by atoms with Gasteiger partial charge in [0.15, 0.2) is 0 Å². The van der Waals surface area contributed by atoms with Crippen molar-refractivity contribution in [3.05, 3.63) is 221 Å². The molecular weight excluding hydrogens is 1200 g/mol. The first-order valence-corrected chi connectivity index (χ1v) is 35.6. The molecule has 0 unspecified atom stereocenters. The van der Waals surface area contributed by atoms with Gasteiger partial charge in [-0.3, -0.25) is 4.57 Å². The molecule has 15 aromatic rings. The van der Waals surface area contributed by atoms with Gasteiger partial charge in [-0.05, 0) is 174 Å². The fraction of sp³-hybridized carbons (Fsp3) is 0.270. The van der Waals surface area contributed by atoms with Crippen molar-refractivity contribution in [3.63, 3.8) is 0 Å². The van der Waals surface area contributed by atoms with Gasteiger partial charge >= 0.3 is 0 Å². The van der Waals surface area contributed by atoms with Gasteiger partial charge in [-0.1, -0.05) is 203 Å². The normalized spacial score (nSPS) is 13.8. The highest BCUT2D eigenvalue weighted by Gasteiger charge is 2.42. The van der Waals surface area contributed by atoms with E-state index in [1.165, 1.54) is 102 Å². The minimum Gasteiger partial charge on any atom is -0.458 e. The Kier molecular flexibility index (Phi) is 13.0. The summed E-state index contributed by atoms with van der Waals surface area (Å²) < 4.78 is 24.6. The van der Waals surface area contributed by atoms with Gasteiger partial charge < -0.3 is 18.6 Å². The highest BCUT2D eigenvalue weighted by atomic mass is 32.1. The zero-order valence-electron chi connectivity index (χ0n) is 59.5. The maximum absolute atomic E-state index is 7.36. The minimum atomic E-state index is -0.218. The van der Waals surface area contributed by atoms with E-state index in [1.807, 2.05) is 11.3 Å². The van der Waals surface area contributed by atoms with E-state index in [0.717, 1.165) is 84.4 Å². The molecule has 10 aromatic carbocycles. The molecule has 6 nitrogen and oxygen atoms in total. The minimum absolute atomic E-state index is 0.0152. The van der Waals surface area contributed by atoms with Crippen LogP contribution in [-0.2, 0) is 32.5 Å². The van der Waals surface area contributed by atoms with Gasteiger partial charge in [0.05, 0.1) is 44.5 Å². The highest BCUT2D eigenvalue weighted by molar-refractivity contribution is 7.26. The molecule has 0 N–H and O–H groups in total. The summed E-state index contributed by atoms with van der Waals surface area (Å²) in [5.41, 5.74) is 21.2. The van der Waals surface area contributed by atoms with E-state index in [0.29, 0.717) is 0 Å². The Hall–Kier alpha value is -9.37. The molecule has 0 saturated carbocycles. The largest absolute Gasteiger partial charge is 0.458 e. The standard InChI is InChI=1S/C89H85BN4O2S/c1-84(2,3)51-27-34-68-63(40-51)64-41-52(85(4,5)6)28-35-69(64)92(68)57-29-33-65-75(48-57)96-77-46-56(89(16,17)18)45-76-83(77)90(65)66-39-50(23-37-74(66)95-76)67-47-58(93-71-42-53(86(7,8)9)24-30-59(71)60-31-25-54(43-72(60)93)87(10,11)12)49-80(91-67)94-70-36-38-79-82(62-21-19-20-22-78(62)97-79)81(70)61-32-26-55(44-73(61)94)88(13,14)15/h19-49H,1-18H3. The van der Waals surface area contributed by atoms with Crippen molar-refractivity contribution in [2.45, 2.75) is 157 Å². The monoisotopic (exact) mass is 1280 g/mol. The number of aromatic nitrogens is 4. The molecule has 5 aromatic heterocycles. The number of hydrogen-bond donors (Lipinski definition) is 0. The predicted octanol–water partition coefficient (Wildman–Crippen LogP) is 22.9. The number of nitrogens with zero attached hydrogens (tertiary/aromatic N) is 4. The molecule has 482 valence electrons. The van der Waals surface area contributed by atoms with Crippen LogP contribution in [0.5, 0.6) is 23.0 Å². The van der Waals surface area contributed by atoms with E-state index >= 15 is 0 Å². The van der Waals surface area contributed by atoms with Crippen LogP contribution in [0.3, 0.4) is 0 Å². The number of fused-ring (bicyclic) bond motifs is 17. The van der Waals surface area contributed by atoms with Gasteiger partial charge in [-0.15, -0.1) is 11.3 Å². The van der Waals surface area contributed by atoms with Crippen LogP contribution in [0.4, 0.5) is 0 Å². The zero-order chi connectivity index (χ0) is 67.7. The van der Waals surface area contributed by atoms with Gasteiger partial charge in [0.25, 0.3) is 6.71 Å². The molecule has 0 amide bonds. The van der Waals surface area contributed by atoms with Gasteiger partial charge in [0, 0.05) is 81.3 Å². The molecule has 97 heavy (non-hydrogen) atoms. The third kappa shape index (κ3) is 9.65. The van der Waals surface area contributed by atoms with E-state index in [2.05, 4.69) is 326 Å². The van der Waals surface area contributed by atoms with Crippen LogP contribution in [0.15, 0.2) is 188 Å². The summed E-state index contributed by atoms with van der Waals surface area (Å²) in [7, 11) is 0. The predicted molar refractivity (Wildman–Crippen MR) is 415 cm³/mol. The third-order valence-electron chi connectivity index (χ3n) is 21.3. The van der Waals surface area contributed by atoms with Gasteiger partial charge in [-0.2, -0.15) is 0 Å². The second-order valence-corrected chi connectivity index (χ2v) is 35.2. The van der Waals surface area contributed by atoms with Gasteiger partial charge in [0.2, 0.25) is 0 Å². The molecule has 17 rings (SSSR count). The Morgan fingerprint density at radius 1 is 0.320 bits per heavy atom. The second kappa shape index (κ2) is 20.6. The summed E-state index contributed by atoms with van der Waals surface area (Å²) in [4.78, 5) is 6.02. The molecule has 0 radical (unpaired) electrons. The maximum atomic E-state index is 7.36. The van der Waals surface area contributed by atoms with Crippen molar-refractivity contribution in [1.29, 1.82) is 0 Å². The molecule has 0 saturated heterocycles. The van der Waals surface area contributed by atoms with Crippen LogP contribution in [0, 0.1) is 0 Å². The summed E-state index contributed by atoms with van der Waals surface area (Å²) in [6.45, 7) is 41.3. The Morgan fingerprint density at radius 2 is 0.825 bits per heavy atom. The molecule has 8 heteroatoms. The molecule has 0 atom stereocenters. The lowest BCUT2D eigenvalue weighted by Gasteiger charge is -2.35. The lowest BCUT2D eigenvalue weighted by molar-refractivity contribution is 0.458. The van der Waals surface area contributed by atoms with Crippen LogP contribution >= 0.6 is 11.3 Å². The Bertz CT molecular complexity index is 5760. The van der Waals surface area contributed by atoms with E-state index in [4.69, 9.17) is 14.5 Å². The quantitative estimate of drug-likeness (QED) is 0.165. The van der Waals surface area contributed by atoms with Crippen LogP contribution in [-0.4, -0.2) is 25.4 Å². The first-order chi connectivity index (χ1) is 45.8. The summed E-state index contributed by atoms with van der Waals surface area (Å²) in [5, 5.41) is 9.99. The highest BCUT2D eigenvalue weighted by Crippen LogP contribution is 2.48. The van der Waals surface area contributed by atoms with Crippen molar-refractivity contribution in [2.75, 3.05) is 0 Å². The first-order valence-electron chi connectivity index (χ1n) is 34.8. The van der Waals surface area contributed by atoms with E-state index < -0.39 is 0 Å². The van der Waals surface area contributed by atoms with Crippen LogP contribution in [0.25, 0.3) is 114 Å². The van der Waals surface area contributed by atoms with Crippen molar-refractivity contribution in [2.24, 2.45) is 0 Å². The average molecular weight is 1290 g/mol. The van der Waals surface area contributed by atoms with Crippen LogP contribution < -0.4 is 25.9 Å². The summed E-state index contributed by atoms with van der Waals surface area (Å²) >= 11 is 1.87. The molecule has 0 fully saturated rings. The Balaban J connectivity index is 0.926.